The van der Waals surface area contributed by atoms with Gasteiger partial charge in [-0.05, 0) is 42.5 Å². The number of hydrogen-bond acceptors (Lipinski definition) is 2. The Morgan fingerprint density at radius 3 is 2.50 bits per heavy atom. The molecule has 0 aromatic heterocycles. The van der Waals surface area contributed by atoms with Gasteiger partial charge in [0.15, 0.2) is 0 Å². The molecule has 0 spiro atoms. The number of hydrogen-bond donors (Lipinski definition) is 1. The van der Waals surface area contributed by atoms with Crippen molar-refractivity contribution in [1.82, 2.24) is 0 Å². The Balaban J connectivity index is 1.64. The van der Waals surface area contributed by atoms with Gasteiger partial charge in [-0.1, -0.05) is 41.9 Å². The number of para-hydroxylation sites is 1. The van der Waals surface area contributed by atoms with Crippen LogP contribution in [0.25, 0.3) is 0 Å². The van der Waals surface area contributed by atoms with Crippen molar-refractivity contribution in [1.29, 1.82) is 5.26 Å². The Kier molecular flexibility index (Phi) is 3.62. The highest BCUT2D eigenvalue weighted by Crippen LogP contribution is 2.41. The van der Waals surface area contributed by atoms with E-state index in [1.54, 1.807) is 0 Å². The molecule has 0 saturated heterocycles. The average molecular weight is 283 g/mol. The smallest absolute Gasteiger partial charge is 0.101 e. The van der Waals surface area contributed by atoms with Gasteiger partial charge in [-0.15, -0.1) is 0 Å². The molecule has 1 aliphatic carbocycles. The lowest BCUT2D eigenvalue weighted by Crippen LogP contribution is -2.34. The summed E-state index contributed by atoms with van der Waals surface area (Å²) in [6.45, 7) is 0. The van der Waals surface area contributed by atoms with Gasteiger partial charge < -0.3 is 5.32 Å². The van der Waals surface area contributed by atoms with E-state index in [0.29, 0.717) is 17.5 Å². The lowest BCUT2D eigenvalue weighted by molar-refractivity contribution is 0.374. The minimum absolute atomic E-state index is 0.422. The first-order valence-corrected chi connectivity index (χ1v) is 7.16. The molecular weight excluding hydrogens is 268 g/mol. The van der Waals surface area contributed by atoms with Crippen LogP contribution in [0.4, 0.5) is 5.69 Å². The van der Waals surface area contributed by atoms with Crippen molar-refractivity contribution in [3.8, 4) is 6.07 Å². The summed E-state index contributed by atoms with van der Waals surface area (Å²) in [5.41, 5.74) is 2.87. The lowest BCUT2D eigenvalue weighted by Gasteiger charge is -2.37. The van der Waals surface area contributed by atoms with E-state index in [-0.39, 0.29) is 0 Å². The zero-order chi connectivity index (χ0) is 13.9. The van der Waals surface area contributed by atoms with Gasteiger partial charge in [0.05, 0.1) is 11.3 Å². The molecule has 3 heteroatoms. The summed E-state index contributed by atoms with van der Waals surface area (Å²) in [6, 6.07) is 18.3. The zero-order valence-electron chi connectivity index (χ0n) is 11.0. The van der Waals surface area contributed by atoms with Gasteiger partial charge in [-0.3, -0.25) is 0 Å². The van der Waals surface area contributed by atoms with Gasteiger partial charge in [0, 0.05) is 11.1 Å². The van der Waals surface area contributed by atoms with Crippen LogP contribution in [-0.2, 0) is 0 Å². The molecule has 0 aliphatic heterocycles. The van der Waals surface area contributed by atoms with Crippen molar-refractivity contribution in [2.45, 2.75) is 24.8 Å². The van der Waals surface area contributed by atoms with Crippen molar-refractivity contribution in [2.24, 2.45) is 0 Å². The molecule has 0 heterocycles. The van der Waals surface area contributed by atoms with Crippen molar-refractivity contribution < 1.29 is 0 Å². The molecule has 1 fully saturated rings. The standard InChI is InChI=1S/C17H15ClN2/c18-16-7-3-2-6-15(16)13-9-14(10-13)20-17-8-4-1-5-12(17)11-19/h1-8,13-14,20H,9-10H2. The quantitative estimate of drug-likeness (QED) is 0.895. The van der Waals surface area contributed by atoms with Crippen LogP contribution in [0.3, 0.4) is 0 Å². The van der Waals surface area contributed by atoms with Crippen molar-refractivity contribution >= 4 is 17.3 Å². The van der Waals surface area contributed by atoms with Gasteiger partial charge in [0.25, 0.3) is 0 Å². The summed E-state index contributed by atoms with van der Waals surface area (Å²) >= 11 is 6.22. The van der Waals surface area contributed by atoms with Crippen LogP contribution in [0.5, 0.6) is 0 Å². The fourth-order valence-electron chi connectivity index (χ4n) is 2.72. The SMILES string of the molecule is N#Cc1ccccc1NC1CC(c2ccccc2Cl)C1. The Bertz CT molecular complexity index is 654. The summed E-state index contributed by atoms with van der Waals surface area (Å²) < 4.78 is 0. The van der Waals surface area contributed by atoms with Crippen LogP contribution >= 0.6 is 11.6 Å². The molecule has 20 heavy (non-hydrogen) atoms. The van der Waals surface area contributed by atoms with Crippen molar-refractivity contribution in [3.63, 3.8) is 0 Å². The molecule has 1 aliphatic rings. The number of benzene rings is 2. The summed E-state index contributed by atoms with van der Waals surface area (Å²) in [7, 11) is 0. The monoisotopic (exact) mass is 282 g/mol. The number of nitrogens with one attached hydrogen (secondary N) is 1. The maximum Gasteiger partial charge on any atom is 0.101 e. The predicted octanol–water partition coefficient (Wildman–Crippen LogP) is 4.57. The summed E-state index contributed by atoms with van der Waals surface area (Å²) in [5, 5.41) is 13.4. The third-order valence-electron chi connectivity index (χ3n) is 3.89. The predicted molar refractivity (Wildman–Crippen MR) is 82.0 cm³/mol. The minimum atomic E-state index is 0.422. The molecule has 1 saturated carbocycles. The van der Waals surface area contributed by atoms with Crippen LogP contribution in [0.15, 0.2) is 48.5 Å². The Labute approximate surface area is 124 Å². The highest BCUT2D eigenvalue weighted by molar-refractivity contribution is 6.31. The number of anilines is 1. The van der Waals surface area contributed by atoms with Crippen molar-refractivity contribution in [2.75, 3.05) is 5.32 Å². The summed E-state index contributed by atoms with van der Waals surface area (Å²) in [6.07, 6.45) is 2.12. The first-order chi connectivity index (χ1) is 9.78. The molecule has 100 valence electrons. The van der Waals surface area contributed by atoms with Crippen LogP contribution in [-0.4, -0.2) is 6.04 Å². The van der Waals surface area contributed by atoms with Crippen molar-refractivity contribution in [3.05, 3.63) is 64.7 Å². The van der Waals surface area contributed by atoms with Gasteiger partial charge in [0.2, 0.25) is 0 Å². The van der Waals surface area contributed by atoms with E-state index in [1.807, 2.05) is 42.5 Å². The van der Waals surface area contributed by atoms with Crippen LogP contribution in [0.2, 0.25) is 5.02 Å². The summed E-state index contributed by atoms with van der Waals surface area (Å²) in [4.78, 5) is 0. The van der Waals surface area contributed by atoms with E-state index in [4.69, 9.17) is 16.9 Å². The molecule has 3 rings (SSSR count). The lowest BCUT2D eigenvalue weighted by atomic mass is 9.75. The molecule has 0 bridgehead atoms. The molecule has 2 aromatic carbocycles. The molecule has 1 N–H and O–H groups in total. The number of halogens is 1. The molecule has 2 aromatic rings. The molecule has 0 radical (unpaired) electrons. The zero-order valence-corrected chi connectivity index (χ0v) is 11.8. The van der Waals surface area contributed by atoms with Gasteiger partial charge in [0.1, 0.15) is 6.07 Å². The average Bonchev–Trinajstić information content (AvgIpc) is 2.44. The number of rotatable bonds is 3. The number of nitriles is 1. The molecule has 0 atom stereocenters. The second-order valence-electron chi connectivity index (χ2n) is 5.19. The van der Waals surface area contributed by atoms with E-state index >= 15 is 0 Å². The largest absolute Gasteiger partial charge is 0.381 e. The first kappa shape index (κ1) is 13.0. The van der Waals surface area contributed by atoms with E-state index in [1.165, 1.54) is 5.56 Å². The fraction of sp³-hybridized carbons (Fsp3) is 0.235. The van der Waals surface area contributed by atoms with Gasteiger partial charge in [-0.25, -0.2) is 0 Å². The van der Waals surface area contributed by atoms with Crippen LogP contribution < -0.4 is 5.32 Å². The highest BCUT2D eigenvalue weighted by Gasteiger charge is 2.31. The Hall–Kier alpha value is -1.98. The maximum absolute atomic E-state index is 9.08. The van der Waals surface area contributed by atoms with E-state index in [2.05, 4.69) is 17.5 Å². The topological polar surface area (TPSA) is 35.8 Å². The summed E-state index contributed by atoms with van der Waals surface area (Å²) in [5.74, 6) is 0.524. The van der Waals surface area contributed by atoms with Gasteiger partial charge in [-0.2, -0.15) is 5.26 Å². The normalized spacial score (nSPS) is 20.8. The Morgan fingerprint density at radius 2 is 1.75 bits per heavy atom. The molecule has 0 unspecified atom stereocenters. The van der Waals surface area contributed by atoms with E-state index in [0.717, 1.165) is 23.6 Å². The van der Waals surface area contributed by atoms with E-state index in [9.17, 15) is 0 Å². The third kappa shape index (κ3) is 2.50. The maximum atomic E-state index is 9.08. The van der Waals surface area contributed by atoms with E-state index < -0.39 is 0 Å². The Morgan fingerprint density at radius 1 is 1.05 bits per heavy atom. The molecule has 0 amide bonds. The number of nitrogens with zero attached hydrogens (tertiary/aromatic N) is 1. The third-order valence-corrected chi connectivity index (χ3v) is 4.23. The fourth-order valence-corrected chi connectivity index (χ4v) is 3.01. The second-order valence-corrected chi connectivity index (χ2v) is 5.60. The van der Waals surface area contributed by atoms with Gasteiger partial charge >= 0.3 is 0 Å². The second kappa shape index (κ2) is 5.56. The van der Waals surface area contributed by atoms with Crippen LogP contribution in [0, 0.1) is 11.3 Å². The minimum Gasteiger partial charge on any atom is -0.381 e. The molecular formula is C17H15ClN2. The van der Waals surface area contributed by atoms with Crippen LogP contribution in [0.1, 0.15) is 29.9 Å². The first-order valence-electron chi connectivity index (χ1n) is 6.78. The highest BCUT2D eigenvalue weighted by atomic mass is 35.5. The molecule has 2 nitrogen and oxygen atoms in total.